The van der Waals surface area contributed by atoms with Crippen molar-refractivity contribution in [2.45, 2.75) is 18.2 Å². The molecule has 0 aliphatic carbocycles. The van der Waals surface area contributed by atoms with Crippen LogP contribution >= 0.6 is 11.6 Å². The lowest BCUT2D eigenvalue weighted by Crippen LogP contribution is -2.28. The molecule has 224 valence electrons. The molecule has 44 heavy (non-hydrogen) atoms. The average molecular weight is 632 g/mol. The van der Waals surface area contributed by atoms with Crippen molar-refractivity contribution in [1.82, 2.24) is 0 Å². The molecule has 0 aromatic heterocycles. The minimum absolute atomic E-state index is 0.00537. The highest BCUT2D eigenvalue weighted by atomic mass is 35.5. The summed E-state index contributed by atoms with van der Waals surface area (Å²) in [6.07, 6.45) is -0.157. The van der Waals surface area contributed by atoms with Crippen molar-refractivity contribution in [2.24, 2.45) is 5.92 Å². The van der Waals surface area contributed by atoms with Crippen LogP contribution in [0, 0.1) is 12.8 Å². The molecular formula is C33H26ClNO8S. The summed E-state index contributed by atoms with van der Waals surface area (Å²) in [6.45, 7) is 1.22. The summed E-state index contributed by atoms with van der Waals surface area (Å²) in [5.74, 6) is -2.80. The van der Waals surface area contributed by atoms with Crippen molar-refractivity contribution in [3.63, 3.8) is 0 Å². The molecule has 0 radical (unpaired) electrons. The number of halogens is 1. The van der Waals surface area contributed by atoms with Gasteiger partial charge in [-0.15, -0.1) is 0 Å². The van der Waals surface area contributed by atoms with Crippen molar-refractivity contribution in [1.29, 1.82) is 0 Å². The number of carbonyl (C=O) groups is 4. The van der Waals surface area contributed by atoms with Gasteiger partial charge in [0, 0.05) is 34.7 Å². The number of amides is 1. The Morgan fingerprint density at radius 3 is 2.25 bits per heavy atom. The van der Waals surface area contributed by atoms with Crippen LogP contribution in [-0.4, -0.2) is 45.0 Å². The number of ketones is 2. The molecule has 0 spiro atoms. The van der Waals surface area contributed by atoms with Crippen LogP contribution in [0.25, 0.3) is 0 Å². The molecular weight excluding hydrogens is 606 g/mol. The van der Waals surface area contributed by atoms with Gasteiger partial charge in [0.2, 0.25) is 5.91 Å². The summed E-state index contributed by atoms with van der Waals surface area (Å²) in [4.78, 5) is 53.0. The number of aryl methyl sites for hydroxylation is 1. The maximum atomic E-state index is 13.2. The van der Waals surface area contributed by atoms with Crippen molar-refractivity contribution < 1.29 is 36.5 Å². The molecule has 0 N–H and O–H groups in total. The van der Waals surface area contributed by atoms with Gasteiger partial charge in [0.1, 0.15) is 10.6 Å². The summed E-state index contributed by atoms with van der Waals surface area (Å²) < 4.78 is 35.4. The molecule has 1 saturated heterocycles. The second-order valence-electron chi connectivity index (χ2n) is 10.2. The summed E-state index contributed by atoms with van der Waals surface area (Å²) in [6, 6.07) is 24.7. The Balaban J connectivity index is 1.20. The number of benzene rings is 4. The molecule has 1 aliphatic rings. The smallest absolute Gasteiger partial charge is 0.339 e. The van der Waals surface area contributed by atoms with E-state index in [-0.39, 0.29) is 46.4 Å². The van der Waals surface area contributed by atoms with Crippen LogP contribution in [0.4, 0.5) is 5.69 Å². The van der Waals surface area contributed by atoms with Crippen LogP contribution in [0.15, 0.2) is 102 Å². The van der Waals surface area contributed by atoms with Gasteiger partial charge in [0.05, 0.1) is 11.6 Å². The monoisotopic (exact) mass is 631 g/mol. The maximum absolute atomic E-state index is 13.2. The predicted octanol–water partition coefficient (Wildman–Crippen LogP) is 5.43. The molecule has 0 saturated carbocycles. The zero-order chi connectivity index (χ0) is 31.4. The molecule has 1 amide bonds. The lowest BCUT2D eigenvalue weighted by Gasteiger charge is -2.20. The van der Waals surface area contributed by atoms with E-state index >= 15 is 0 Å². The number of rotatable bonds is 10. The molecule has 0 unspecified atom stereocenters. The fraction of sp³-hybridized carbons (Fsp3) is 0.152. The number of hydrogen-bond acceptors (Lipinski definition) is 8. The number of carbonyl (C=O) groups excluding carboxylic acids is 4. The summed E-state index contributed by atoms with van der Waals surface area (Å²) >= 11 is 6.16. The van der Waals surface area contributed by atoms with Gasteiger partial charge in [-0.1, -0.05) is 59.6 Å². The highest BCUT2D eigenvalue weighted by Crippen LogP contribution is 2.32. The first kappa shape index (κ1) is 30.7. The van der Waals surface area contributed by atoms with Gasteiger partial charge < -0.3 is 13.8 Å². The van der Waals surface area contributed by atoms with E-state index in [1.807, 2.05) is 6.92 Å². The second kappa shape index (κ2) is 12.8. The minimum atomic E-state index is -4.06. The van der Waals surface area contributed by atoms with Crippen LogP contribution in [0.5, 0.6) is 5.75 Å². The van der Waals surface area contributed by atoms with Gasteiger partial charge >= 0.3 is 16.1 Å². The number of nitrogens with zero attached hydrogens (tertiary/aromatic N) is 1. The molecule has 1 aliphatic heterocycles. The quantitative estimate of drug-likeness (QED) is 0.129. The fourth-order valence-corrected chi connectivity index (χ4v) is 5.79. The second-order valence-corrected chi connectivity index (χ2v) is 12.2. The SMILES string of the molecule is Cc1ccc(S(=O)(=O)Oc2ccc(C(=O)COC(=O)[C@H]3CC(=O)N(c4ccc(Cl)cc4C(=O)c4ccccc4)C3)cc2)cc1. The number of esters is 1. The molecule has 1 fully saturated rings. The topological polar surface area (TPSA) is 124 Å². The van der Waals surface area contributed by atoms with E-state index in [9.17, 15) is 27.6 Å². The largest absolute Gasteiger partial charge is 0.457 e. The molecule has 11 heteroatoms. The number of ether oxygens (including phenoxy) is 1. The van der Waals surface area contributed by atoms with Crippen molar-refractivity contribution in [3.8, 4) is 5.75 Å². The summed E-state index contributed by atoms with van der Waals surface area (Å²) in [5, 5.41) is 0.321. The van der Waals surface area contributed by atoms with E-state index in [1.165, 1.54) is 47.4 Å². The Hall–Kier alpha value is -4.80. The summed E-state index contributed by atoms with van der Waals surface area (Å²) in [7, 11) is -4.06. The first-order valence-corrected chi connectivity index (χ1v) is 15.3. The van der Waals surface area contributed by atoms with E-state index in [0.29, 0.717) is 16.3 Å². The molecule has 1 atom stereocenters. The zero-order valence-electron chi connectivity index (χ0n) is 23.4. The summed E-state index contributed by atoms with van der Waals surface area (Å²) in [5.41, 5.74) is 2.04. The Kier molecular flexibility index (Phi) is 8.93. The molecule has 0 bridgehead atoms. The first-order valence-electron chi connectivity index (χ1n) is 13.5. The minimum Gasteiger partial charge on any atom is -0.457 e. The highest BCUT2D eigenvalue weighted by molar-refractivity contribution is 7.87. The Labute approximate surface area is 259 Å². The zero-order valence-corrected chi connectivity index (χ0v) is 25.0. The molecule has 5 rings (SSSR count). The van der Waals surface area contributed by atoms with Gasteiger partial charge in [-0.05, 0) is 61.5 Å². The molecule has 4 aromatic rings. The van der Waals surface area contributed by atoms with Gasteiger partial charge in [0.15, 0.2) is 18.2 Å². The van der Waals surface area contributed by atoms with Gasteiger partial charge in [0.25, 0.3) is 0 Å². The van der Waals surface area contributed by atoms with Gasteiger partial charge in [-0.3, -0.25) is 19.2 Å². The third-order valence-corrected chi connectivity index (χ3v) is 8.52. The van der Waals surface area contributed by atoms with Crippen molar-refractivity contribution >= 4 is 50.8 Å². The van der Waals surface area contributed by atoms with Crippen LogP contribution in [-0.2, 0) is 24.4 Å². The Morgan fingerprint density at radius 2 is 1.57 bits per heavy atom. The average Bonchev–Trinajstić information content (AvgIpc) is 3.41. The van der Waals surface area contributed by atoms with Crippen LogP contribution in [0.1, 0.15) is 38.3 Å². The van der Waals surface area contributed by atoms with Crippen LogP contribution in [0.3, 0.4) is 0 Å². The highest BCUT2D eigenvalue weighted by Gasteiger charge is 2.38. The third-order valence-electron chi connectivity index (χ3n) is 7.03. The van der Waals surface area contributed by atoms with Gasteiger partial charge in [-0.2, -0.15) is 8.42 Å². The van der Waals surface area contributed by atoms with E-state index in [1.54, 1.807) is 54.6 Å². The van der Waals surface area contributed by atoms with E-state index in [4.69, 9.17) is 20.5 Å². The third kappa shape index (κ3) is 6.88. The number of Topliss-reactive ketones (excluding diaryl/α,β-unsaturated/α-hetero) is 1. The normalized spacial score (nSPS) is 14.7. The molecule has 1 heterocycles. The first-order chi connectivity index (χ1) is 21.0. The molecule has 4 aromatic carbocycles. The van der Waals surface area contributed by atoms with Crippen molar-refractivity contribution in [3.05, 3.63) is 124 Å². The maximum Gasteiger partial charge on any atom is 0.339 e. The van der Waals surface area contributed by atoms with Crippen LogP contribution < -0.4 is 9.08 Å². The van der Waals surface area contributed by atoms with E-state index in [2.05, 4.69) is 0 Å². The van der Waals surface area contributed by atoms with Crippen molar-refractivity contribution in [2.75, 3.05) is 18.1 Å². The number of anilines is 1. The standard InChI is InChI=1S/C33H26ClNO8S/c1-21-7-14-27(15-8-21)44(40,41)43-26-12-9-22(10-13-26)30(36)20-42-33(39)24-17-31(37)35(19-24)29-16-11-25(34)18-28(29)32(38)23-5-3-2-4-6-23/h2-16,18,24H,17,19-20H2,1H3/t24-/m0/s1. The van der Waals surface area contributed by atoms with Crippen LogP contribution in [0.2, 0.25) is 5.02 Å². The predicted molar refractivity (Wildman–Crippen MR) is 163 cm³/mol. The Morgan fingerprint density at radius 1 is 0.886 bits per heavy atom. The van der Waals surface area contributed by atoms with E-state index in [0.717, 1.165) is 5.56 Å². The molecule has 9 nitrogen and oxygen atoms in total. The number of hydrogen-bond donors (Lipinski definition) is 0. The lowest BCUT2D eigenvalue weighted by molar-refractivity contribution is -0.147. The van der Waals surface area contributed by atoms with E-state index < -0.39 is 34.4 Å². The Bertz CT molecular complexity index is 1840. The fourth-order valence-electron chi connectivity index (χ4n) is 4.68. The van der Waals surface area contributed by atoms with Gasteiger partial charge in [-0.25, -0.2) is 0 Å². The lowest BCUT2D eigenvalue weighted by atomic mass is 10.0.